The highest BCUT2D eigenvalue weighted by atomic mass is 16.5. The third-order valence-electron chi connectivity index (χ3n) is 6.37. The third kappa shape index (κ3) is 3.89. The number of fused-ring (bicyclic) bond motifs is 3. The second kappa shape index (κ2) is 8.91. The molecule has 3 atom stereocenters. The number of nitrogens with zero attached hydrogens (tertiary/aromatic N) is 1. The fourth-order valence-electron chi connectivity index (χ4n) is 4.83. The molecule has 4 heteroatoms. The van der Waals surface area contributed by atoms with Gasteiger partial charge in [-0.15, -0.1) is 0 Å². The van der Waals surface area contributed by atoms with Crippen LogP contribution in [0.15, 0.2) is 83.9 Å². The summed E-state index contributed by atoms with van der Waals surface area (Å²) in [7, 11) is 1.65. The predicted octanol–water partition coefficient (Wildman–Crippen LogP) is 6.67. The molecule has 1 heterocycles. The first kappa shape index (κ1) is 20.4. The minimum Gasteiger partial charge on any atom is -0.493 e. The molecule has 0 amide bonds. The number of benzene rings is 3. The summed E-state index contributed by atoms with van der Waals surface area (Å²) in [6, 6.07) is 23.4. The zero-order valence-corrected chi connectivity index (χ0v) is 18.5. The molecular formula is C28H28N2O2. The lowest BCUT2D eigenvalue weighted by Gasteiger charge is -2.37. The van der Waals surface area contributed by atoms with E-state index in [0.29, 0.717) is 24.5 Å². The van der Waals surface area contributed by atoms with Crippen molar-refractivity contribution in [3.05, 3.63) is 95.6 Å². The maximum absolute atomic E-state index is 5.59. The Kier molecular flexibility index (Phi) is 5.68. The third-order valence-corrected chi connectivity index (χ3v) is 6.37. The molecule has 0 unspecified atom stereocenters. The Labute approximate surface area is 189 Å². The van der Waals surface area contributed by atoms with Gasteiger partial charge in [0.25, 0.3) is 0 Å². The summed E-state index contributed by atoms with van der Waals surface area (Å²) in [5, 5.41) is 3.79. The molecule has 2 aliphatic rings. The fourth-order valence-corrected chi connectivity index (χ4v) is 4.83. The molecule has 1 aliphatic carbocycles. The van der Waals surface area contributed by atoms with Crippen LogP contribution in [0.2, 0.25) is 0 Å². The van der Waals surface area contributed by atoms with Gasteiger partial charge in [0.15, 0.2) is 11.5 Å². The number of anilines is 1. The van der Waals surface area contributed by atoms with E-state index in [0.717, 1.165) is 29.2 Å². The van der Waals surface area contributed by atoms with Crippen LogP contribution in [0.4, 0.5) is 11.4 Å². The molecule has 0 saturated carbocycles. The van der Waals surface area contributed by atoms with E-state index >= 15 is 0 Å². The van der Waals surface area contributed by atoms with E-state index in [2.05, 4.69) is 71.0 Å². The minimum absolute atomic E-state index is 0.304. The maximum atomic E-state index is 5.59. The molecule has 1 aliphatic heterocycles. The summed E-state index contributed by atoms with van der Waals surface area (Å²) in [5.41, 5.74) is 5.87. The fraction of sp³-hybridized carbons (Fsp3) is 0.250. The van der Waals surface area contributed by atoms with Crippen molar-refractivity contribution in [1.29, 1.82) is 0 Å². The molecule has 0 bridgehead atoms. The van der Waals surface area contributed by atoms with Crippen molar-refractivity contribution in [3.8, 4) is 11.5 Å². The van der Waals surface area contributed by atoms with Crippen molar-refractivity contribution in [2.75, 3.05) is 19.0 Å². The van der Waals surface area contributed by atoms with Gasteiger partial charge in [0.05, 0.1) is 25.4 Å². The number of allylic oxidation sites excluding steroid dienone is 2. The van der Waals surface area contributed by atoms with Crippen molar-refractivity contribution >= 4 is 17.6 Å². The van der Waals surface area contributed by atoms with Gasteiger partial charge in [-0.2, -0.15) is 0 Å². The van der Waals surface area contributed by atoms with Crippen LogP contribution in [0.1, 0.15) is 42.0 Å². The van der Waals surface area contributed by atoms with Gasteiger partial charge in [-0.25, -0.2) is 0 Å². The van der Waals surface area contributed by atoms with Crippen molar-refractivity contribution in [2.24, 2.45) is 10.9 Å². The molecule has 3 aromatic carbocycles. The van der Waals surface area contributed by atoms with E-state index in [9.17, 15) is 0 Å². The van der Waals surface area contributed by atoms with Crippen LogP contribution in [0.3, 0.4) is 0 Å². The van der Waals surface area contributed by atoms with Crippen LogP contribution < -0.4 is 14.8 Å². The van der Waals surface area contributed by atoms with Crippen molar-refractivity contribution < 1.29 is 9.47 Å². The Hall–Kier alpha value is -3.53. The number of nitrogens with one attached hydrogen (secondary N) is 1. The summed E-state index contributed by atoms with van der Waals surface area (Å²) in [6.45, 7) is 2.57. The largest absolute Gasteiger partial charge is 0.493 e. The molecule has 162 valence electrons. The average molecular weight is 425 g/mol. The van der Waals surface area contributed by atoms with Gasteiger partial charge in [-0.1, -0.05) is 42.5 Å². The van der Waals surface area contributed by atoms with Gasteiger partial charge < -0.3 is 14.8 Å². The predicted molar refractivity (Wildman–Crippen MR) is 131 cm³/mol. The van der Waals surface area contributed by atoms with E-state index in [1.807, 2.05) is 31.3 Å². The average Bonchev–Trinajstić information content (AvgIpc) is 3.34. The lowest BCUT2D eigenvalue weighted by Crippen LogP contribution is -2.28. The Morgan fingerprint density at radius 1 is 1.03 bits per heavy atom. The Morgan fingerprint density at radius 2 is 1.88 bits per heavy atom. The quantitative estimate of drug-likeness (QED) is 0.355. The Balaban J connectivity index is 1.34. The van der Waals surface area contributed by atoms with Crippen molar-refractivity contribution in [2.45, 2.75) is 25.3 Å². The zero-order valence-electron chi connectivity index (χ0n) is 18.5. The second-order valence-electron chi connectivity index (χ2n) is 8.26. The first-order chi connectivity index (χ1) is 15.8. The summed E-state index contributed by atoms with van der Waals surface area (Å²) in [5.74, 6) is 2.51. The molecule has 3 aromatic rings. The normalized spacial score (nSPS) is 21.1. The molecule has 0 saturated heterocycles. The van der Waals surface area contributed by atoms with Crippen LogP contribution in [0.5, 0.6) is 11.5 Å². The number of ether oxygens (including phenoxy) is 2. The van der Waals surface area contributed by atoms with E-state index in [-0.39, 0.29) is 0 Å². The number of hydrogen-bond donors (Lipinski definition) is 1. The highest BCUT2D eigenvalue weighted by Gasteiger charge is 2.37. The van der Waals surface area contributed by atoms with Crippen molar-refractivity contribution in [1.82, 2.24) is 0 Å². The van der Waals surface area contributed by atoms with Crippen LogP contribution in [0, 0.1) is 5.92 Å². The van der Waals surface area contributed by atoms with E-state index in [1.54, 1.807) is 7.11 Å². The van der Waals surface area contributed by atoms with E-state index in [1.165, 1.54) is 16.8 Å². The summed E-state index contributed by atoms with van der Waals surface area (Å²) in [6.07, 6.45) is 7.67. The van der Waals surface area contributed by atoms with E-state index < -0.39 is 0 Å². The monoisotopic (exact) mass is 424 g/mol. The number of rotatable bonds is 6. The Bertz CT molecular complexity index is 1150. The highest BCUT2D eigenvalue weighted by Crippen LogP contribution is 2.49. The Morgan fingerprint density at radius 3 is 2.69 bits per heavy atom. The van der Waals surface area contributed by atoms with Gasteiger partial charge in [-0.05, 0) is 72.4 Å². The molecule has 4 nitrogen and oxygen atoms in total. The number of methoxy groups -OCH3 is 1. The minimum atomic E-state index is 0.304. The van der Waals surface area contributed by atoms with Crippen molar-refractivity contribution in [3.63, 3.8) is 0 Å². The lowest BCUT2D eigenvalue weighted by molar-refractivity contribution is 0.311. The molecule has 0 spiro atoms. The van der Waals surface area contributed by atoms with Crippen LogP contribution in [-0.4, -0.2) is 19.9 Å². The first-order valence-corrected chi connectivity index (χ1v) is 11.2. The maximum Gasteiger partial charge on any atom is 0.161 e. The number of hydrogen-bond acceptors (Lipinski definition) is 4. The second-order valence-corrected chi connectivity index (χ2v) is 8.26. The standard InChI is InChI=1S/C28H28N2O2/c1-3-32-26-16-11-19(17-27(26)31-2)18-29-21-14-12-20(13-15-21)28-24-9-6-8-22(24)23-7-4-5-10-25(23)30-28/h4-8,10-18,22,24,28,30H,3,9H2,1-2H3/t22-,24-,28+/m1/s1. The molecule has 0 fully saturated rings. The SMILES string of the molecule is CCOc1ccc(C=Nc2ccc([C@@H]3Nc4ccccc4[C@H]4C=CC[C@H]43)cc2)cc1OC. The summed E-state index contributed by atoms with van der Waals surface area (Å²) in [4.78, 5) is 4.66. The number of aliphatic imine (C=N–C) groups is 1. The van der Waals surface area contributed by atoms with Gasteiger partial charge in [0.1, 0.15) is 0 Å². The van der Waals surface area contributed by atoms with Gasteiger partial charge in [0, 0.05) is 17.8 Å². The van der Waals surface area contributed by atoms with E-state index in [4.69, 9.17) is 9.47 Å². The zero-order chi connectivity index (χ0) is 21.9. The molecule has 1 N–H and O–H groups in total. The van der Waals surface area contributed by atoms with Gasteiger partial charge >= 0.3 is 0 Å². The molecule has 0 radical (unpaired) electrons. The molecule has 5 rings (SSSR count). The van der Waals surface area contributed by atoms with Crippen LogP contribution >= 0.6 is 0 Å². The summed E-state index contributed by atoms with van der Waals surface area (Å²) < 4.78 is 11.0. The molecule has 32 heavy (non-hydrogen) atoms. The van der Waals surface area contributed by atoms with Crippen LogP contribution in [-0.2, 0) is 0 Å². The highest BCUT2D eigenvalue weighted by molar-refractivity contribution is 5.83. The first-order valence-electron chi connectivity index (χ1n) is 11.2. The van der Waals surface area contributed by atoms with Gasteiger partial charge in [-0.3, -0.25) is 4.99 Å². The van der Waals surface area contributed by atoms with Crippen LogP contribution in [0.25, 0.3) is 0 Å². The lowest BCUT2D eigenvalue weighted by atomic mass is 9.77. The van der Waals surface area contributed by atoms with Gasteiger partial charge in [0.2, 0.25) is 0 Å². The summed E-state index contributed by atoms with van der Waals surface area (Å²) >= 11 is 0. The molecule has 0 aromatic heterocycles. The topological polar surface area (TPSA) is 42.8 Å². The molecular weight excluding hydrogens is 396 g/mol. The number of para-hydroxylation sites is 1. The smallest absolute Gasteiger partial charge is 0.161 e.